The number of hydrogen-bond acceptors (Lipinski definition) is 4. The van der Waals surface area contributed by atoms with Crippen molar-refractivity contribution in [2.45, 2.75) is 18.9 Å². The Morgan fingerprint density at radius 3 is 2.89 bits per heavy atom. The minimum Gasteiger partial charge on any atom is -0.495 e. The van der Waals surface area contributed by atoms with Gasteiger partial charge in [-0.2, -0.15) is 0 Å². The fourth-order valence-corrected chi connectivity index (χ4v) is 3.88. The number of para-hydroxylation sites is 1. The second-order valence-corrected chi connectivity index (χ2v) is 7.45. The van der Waals surface area contributed by atoms with Gasteiger partial charge in [-0.25, -0.2) is 0 Å². The summed E-state index contributed by atoms with van der Waals surface area (Å²) in [6.45, 7) is 0.714. The number of anilines is 1. The Labute approximate surface area is 168 Å². The zero-order valence-corrected chi connectivity index (χ0v) is 16.2. The van der Waals surface area contributed by atoms with Crippen molar-refractivity contribution in [3.63, 3.8) is 0 Å². The van der Waals surface area contributed by atoms with Crippen LogP contribution in [0.2, 0.25) is 5.02 Å². The number of hydrogen-bond donors (Lipinski definition) is 1. The first-order valence-electron chi connectivity index (χ1n) is 9.21. The second kappa shape index (κ2) is 7.72. The van der Waals surface area contributed by atoms with Crippen LogP contribution in [-0.4, -0.2) is 38.1 Å². The van der Waals surface area contributed by atoms with Crippen molar-refractivity contribution in [2.24, 2.45) is 5.92 Å². The van der Waals surface area contributed by atoms with Crippen LogP contribution in [-0.2, 0) is 16.0 Å². The largest absolute Gasteiger partial charge is 0.495 e. The molecule has 28 heavy (non-hydrogen) atoms. The molecule has 1 fully saturated rings. The zero-order valence-electron chi connectivity index (χ0n) is 15.5. The van der Waals surface area contributed by atoms with Crippen LogP contribution in [0.4, 0.5) is 5.69 Å². The molecule has 7 heteroatoms. The van der Waals surface area contributed by atoms with E-state index in [1.165, 1.54) is 7.11 Å². The van der Waals surface area contributed by atoms with E-state index in [4.69, 9.17) is 21.1 Å². The zero-order chi connectivity index (χ0) is 19.7. The first-order valence-corrected chi connectivity index (χ1v) is 9.59. The van der Waals surface area contributed by atoms with Crippen LogP contribution in [0.1, 0.15) is 12.0 Å². The molecule has 2 atom stereocenters. The molecule has 2 aromatic rings. The van der Waals surface area contributed by atoms with Crippen molar-refractivity contribution in [2.75, 3.05) is 25.1 Å². The molecule has 0 radical (unpaired) electrons. The average molecular weight is 401 g/mol. The maximum Gasteiger partial charge on any atom is 0.227 e. The van der Waals surface area contributed by atoms with Crippen molar-refractivity contribution >= 4 is 29.1 Å². The van der Waals surface area contributed by atoms with E-state index in [-0.39, 0.29) is 24.3 Å². The topological polar surface area (TPSA) is 67.9 Å². The molecule has 1 saturated heterocycles. The third kappa shape index (κ3) is 3.64. The molecule has 2 heterocycles. The lowest BCUT2D eigenvalue weighted by Crippen LogP contribution is -2.39. The molecule has 2 aliphatic heterocycles. The monoisotopic (exact) mass is 400 g/mol. The molecule has 0 spiro atoms. The Bertz CT molecular complexity index is 892. The summed E-state index contributed by atoms with van der Waals surface area (Å²) < 4.78 is 11.2. The van der Waals surface area contributed by atoms with Crippen LogP contribution >= 0.6 is 11.6 Å². The van der Waals surface area contributed by atoms with E-state index in [0.717, 1.165) is 17.7 Å². The number of carbonyl (C=O) groups is 2. The number of nitrogens with zero attached hydrogens (tertiary/aromatic N) is 1. The lowest BCUT2D eigenvalue weighted by Gasteiger charge is -2.20. The van der Waals surface area contributed by atoms with Crippen LogP contribution < -0.4 is 19.7 Å². The Balaban J connectivity index is 1.37. The number of amides is 2. The van der Waals surface area contributed by atoms with Gasteiger partial charge in [0.2, 0.25) is 11.8 Å². The van der Waals surface area contributed by atoms with Gasteiger partial charge in [-0.05, 0) is 29.8 Å². The maximum atomic E-state index is 12.6. The average Bonchev–Trinajstić information content (AvgIpc) is 3.29. The summed E-state index contributed by atoms with van der Waals surface area (Å²) in [4.78, 5) is 26.7. The van der Waals surface area contributed by atoms with Crippen molar-refractivity contribution < 1.29 is 19.1 Å². The van der Waals surface area contributed by atoms with Crippen molar-refractivity contribution in [1.29, 1.82) is 0 Å². The lowest BCUT2D eigenvalue weighted by molar-refractivity contribution is -0.126. The highest BCUT2D eigenvalue weighted by Gasteiger charge is 2.36. The van der Waals surface area contributed by atoms with Crippen molar-refractivity contribution in [3.8, 4) is 11.5 Å². The number of methoxy groups -OCH3 is 1. The quantitative estimate of drug-likeness (QED) is 0.838. The predicted octanol–water partition coefficient (Wildman–Crippen LogP) is 2.82. The summed E-state index contributed by atoms with van der Waals surface area (Å²) in [5, 5.41) is 3.44. The predicted molar refractivity (Wildman–Crippen MR) is 106 cm³/mol. The number of nitrogens with one attached hydrogen (secondary N) is 1. The highest BCUT2D eigenvalue weighted by atomic mass is 35.5. The molecule has 4 rings (SSSR count). The standard InChI is InChI=1S/C21H21ClN2O4/c1-27-19-7-6-15(22)10-17(19)24-12-14(9-20(24)25)21(26)23-11-16-8-13-4-2-3-5-18(13)28-16/h2-7,10,14,16H,8-9,11-12H2,1H3,(H,23,26)/t14-,16+/m1/s1. The van der Waals surface area contributed by atoms with E-state index in [9.17, 15) is 9.59 Å². The summed E-state index contributed by atoms with van der Waals surface area (Å²) in [6, 6.07) is 13.0. The van der Waals surface area contributed by atoms with Crippen LogP contribution in [0.5, 0.6) is 11.5 Å². The van der Waals surface area contributed by atoms with Gasteiger partial charge in [0.1, 0.15) is 17.6 Å². The van der Waals surface area contributed by atoms with Gasteiger partial charge in [0.25, 0.3) is 0 Å². The minimum atomic E-state index is -0.417. The van der Waals surface area contributed by atoms with Gasteiger partial charge in [0.05, 0.1) is 25.3 Å². The Morgan fingerprint density at radius 2 is 2.11 bits per heavy atom. The van der Waals surface area contributed by atoms with Crippen LogP contribution in [0, 0.1) is 5.92 Å². The third-order valence-electron chi connectivity index (χ3n) is 5.15. The molecule has 0 unspecified atom stereocenters. The van der Waals surface area contributed by atoms with Gasteiger partial charge < -0.3 is 19.7 Å². The van der Waals surface area contributed by atoms with E-state index in [2.05, 4.69) is 5.32 Å². The summed E-state index contributed by atoms with van der Waals surface area (Å²) in [5.41, 5.74) is 1.74. The molecule has 0 bridgehead atoms. The molecule has 0 saturated carbocycles. The number of rotatable bonds is 5. The molecule has 2 aromatic carbocycles. The van der Waals surface area contributed by atoms with E-state index in [1.807, 2.05) is 24.3 Å². The number of halogens is 1. The number of fused-ring (bicyclic) bond motifs is 1. The first kappa shape index (κ1) is 18.6. The summed E-state index contributed by atoms with van der Waals surface area (Å²) in [5.74, 6) is 0.745. The molecule has 0 aliphatic carbocycles. The smallest absolute Gasteiger partial charge is 0.227 e. The van der Waals surface area contributed by atoms with Gasteiger partial charge in [-0.15, -0.1) is 0 Å². The van der Waals surface area contributed by atoms with Crippen LogP contribution in [0.25, 0.3) is 0 Å². The maximum absolute atomic E-state index is 12.6. The fraction of sp³-hybridized carbons (Fsp3) is 0.333. The summed E-state index contributed by atoms with van der Waals surface area (Å²) in [6.07, 6.45) is 0.849. The molecule has 146 valence electrons. The number of benzene rings is 2. The van der Waals surface area contributed by atoms with E-state index < -0.39 is 5.92 Å². The van der Waals surface area contributed by atoms with Crippen LogP contribution in [0.3, 0.4) is 0 Å². The van der Waals surface area contributed by atoms with Crippen LogP contribution in [0.15, 0.2) is 42.5 Å². The van der Waals surface area contributed by atoms with Gasteiger partial charge in [-0.3, -0.25) is 9.59 Å². The molecular formula is C21H21ClN2O4. The third-order valence-corrected chi connectivity index (χ3v) is 5.38. The normalized spacial score (nSPS) is 20.6. The molecule has 1 N–H and O–H groups in total. The molecule has 0 aromatic heterocycles. The number of ether oxygens (including phenoxy) is 2. The Hall–Kier alpha value is -2.73. The summed E-state index contributed by atoms with van der Waals surface area (Å²) >= 11 is 6.07. The number of carbonyl (C=O) groups excluding carboxylic acids is 2. The molecule has 2 aliphatic rings. The minimum absolute atomic E-state index is 0.0809. The van der Waals surface area contributed by atoms with Crippen molar-refractivity contribution in [1.82, 2.24) is 5.32 Å². The van der Waals surface area contributed by atoms with Gasteiger partial charge in [0, 0.05) is 24.4 Å². The van der Waals surface area contributed by atoms with E-state index in [0.29, 0.717) is 29.5 Å². The second-order valence-electron chi connectivity index (χ2n) is 7.02. The lowest BCUT2D eigenvalue weighted by atomic mass is 10.1. The van der Waals surface area contributed by atoms with E-state index >= 15 is 0 Å². The van der Waals surface area contributed by atoms with Crippen molar-refractivity contribution in [3.05, 3.63) is 53.1 Å². The van der Waals surface area contributed by atoms with Gasteiger partial charge >= 0.3 is 0 Å². The molecule has 6 nitrogen and oxygen atoms in total. The highest BCUT2D eigenvalue weighted by molar-refractivity contribution is 6.31. The van der Waals surface area contributed by atoms with E-state index in [1.54, 1.807) is 23.1 Å². The Morgan fingerprint density at radius 1 is 1.29 bits per heavy atom. The summed E-state index contributed by atoms with van der Waals surface area (Å²) in [7, 11) is 1.54. The van der Waals surface area contributed by atoms with Gasteiger partial charge in [-0.1, -0.05) is 29.8 Å². The first-order chi connectivity index (χ1) is 13.5. The SMILES string of the molecule is COc1ccc(Cl)cc1N1C[C@H](C(=O)NC[C@@H]2Cc3ccccc3O2)CC1=O. The van der Waals surface area contributed by atoms with Gasteiger partial charge in [0.15, 0.2) is 0 Å². The Kier molecular flexibility index (Phi) is 5.13. The molecular weight excluding hydrogens is 380 g/mol. The fourth-order valence-electron chi connectivity index (χ4n) is 3.72. The molecule has 2 amide bonds. The highest BCUT2D eigenvalue weighted by Crippen LogP contribution is 2.35.